The van der Waals surface area contributed by atoms with Crippen LogP contribution >= 0.6 is 0 Å². The number of ether oxygens (including phenoxy) is 1. The van der Waals surface area contributed by atoms with Crippen molar-refractivity contribution in [2.75, 3.05) is 33.4 Å². The summed E-state index contributed by atoms with van der Waals surface area (Å²) in [6, 6.07) is 5.00. The fourth-order valence-corrected chi connectivity index (χ4v) is 2.23. The smallest absolute Gasteiger partial charge is 0.123 e. The predicted molar refractivity (Wildman–Crippen MR) is 72.1 cm³/mol. The van der Waals surface area contributed by atoms with Gasteiger partial charge in [0.05, 0.1) is 6.61 Å². The molecule has 1 aromatic carbocycles. The van der Waals surface area contributed by atoms with Gasteiger partial charge in [0.1, 0.15) is 5.82 Å². The molecule has 0 aromatic heterocycles. The van der Waals surface area contributed by atoms with E-state index in [9.17, 15) is 4.39 Å². The predicted octanol–water partition coefficient (Wildman–Crippen LogP) is 2.10. The zero-order chi connectivity index (χ0) is 13.5. The summed E-state index contributed by atoms with van der Waals surface area (Å²) in [5.41, 5.74) is 7.92. The first-order valence-electron chi connectivity index (χ1n) is 6.33. The van der Waals surface area contributed by atoms with Crippen molar-refractivity contribution in [3.8, 4) is 0 Å². The van der Waals surface area contributed by atoms with Crippen molar-refractivity contribution in [3.05, 3.63) is 35.1 Å². The number of likely N-dealkylation sites (N-methyl/N-ethyl adjacent to an activating group) is 1. The van der Waals surface area contributed by atoms with Gasteiger partial charge in [-0.05, 0) is 36.7 Å². The highest BCUT2D eigenvalue weighted by Gasteiger charge is 2.19. The van der Waals surface area contributed by atoms with Crippen LogP contribution < -0.4 is 5.73 Å². The lowest BCUT2D eigenvalue weighted by Crippen LogP contribution is -2.36. The Kier molecular flexibility index (Phi) is 6.25. The first-order chi connectivity index (χ1) is 8.63. The standard InChI is InChI=1S/C14H23FN2O/c1-4-17(7-8-18-3)14(10-16)13-6-5-12(15)9-11(13)2/h5-6,9,14H,4,7-8,10,16H2,1-3H3. The number of aryl methyl sites for hydroxylation is 1. The summed E-state index contributed by atoms with van der Waals surface area (Å²) in [5, 5.41) is 0. The quantitative estimate of drug-likeness (QED) is 0.810. The Morgan fingerprint density at radius 3 is 2.67 bits per heavy atom. The normalized spacial score (nSPS) is 13.0. The molecular weight excluding hydrogens is 231 g/mol. The van der Waals surface area contributed by atoms with Crippen LogP contribution in [0.2, 0.25) is 0 Å². The molecule has 4 heteroatoms. The Hall–Kier alpha value is -0.970. The number of halogens is 1. The van der Waals surface area contributed by atoms with Crippen LogP contribution in [0.25, 0.3) is 0 Å². The zero-order valence-electron chi connectivity index (χ0n) is 11.4. The van der Waals surface area contributed by atoms with Crippen LogP contribution in [-0.4, -0.2) is 38.3 Å². The Balaban J connectivity index is 2.92. The minimum absolute atomic E-state index is 0.116. The Bertz CT molecular complexity index is 371. The fraction of sp³-hybridized carbons (Fsp3) is 0.571. The molecule has 1 atom stereocenters. The van der Waals surface area contributed by atoms with Crippen molar-refractivity contribution in [1.29, 1.82) is 0 Å². The number of benzene rings is 1. The molecule has 0 spiro atoms. The van der Waals surface area contributed by atoms with Gasteiger partial charge in [0.15, 0.2) is 0 Å². The molecule has 0 aliphatic heterocycles. The Morgan fingerprint density at radius 2 is 2.17 bits per heavy atom. The fourth-order valence-electron chi connectivity index (χ4n) is 2.23. The van der Waals surface area contributed by atoms with Crippen molar-refractivity contribution in [3.63, 3.8) is 0 Å². The molecule has 0 saturated heterocycles. The highest BCUT2D eigenvalue weighted by atomic mass is 19.1. The number of methoxy groups -OCH3 is 1. The van der Waals surface area contributed by atoms with E-state index < -0.39 is 0 Å². The van der Waals surface area contributed by atoms with Crippen LogP contribution in [0.3, 0.4) is 0 Å². The van der Waals surface area contributed by atoms with Gasteiger partial charge in [0.25, 0.3) is 0 Å². The van der Waals surface area contributed by atoms with Crippen LogP contribution in [0.5, 0.6) is 0 Å². The molecule has 0 heterocycles. The second-order valence-electron chi connectivity index (χ2n) is 4.37. The molecule has 0 saturated carbocycles. The molecule has 0 fully saturated rings. The van der Waals surface area contributed by atoms with E-state index in [-0.39, 0.29) is 11.9 Å². The lowest BCUT2D eigenvalue weighted by atomic mass is 9.99. The molecule has 3 nitrogen and oxygen atoms in total. The number of nitrogens with two attached hydrogens (primary N) is 1. The third-order valence-corrected chi connectivity index (χ3v) is 3.24. The Morgan fingerprint density at radius 1 is 1.44 bits per heavy atom. The van der Waals surface area contributed by atoms with Crippen molar-refractivity contribution < 1.29 is 9.13 Å². The molecule has 0 amide bonds. The van der Waals surface area contributed by atoms with Crippen LogP contribution in [-0.2, 0) is 4.74 Å². The number of hydrogen-bond acceptors (Lipinski definition) is 3. The van der Waals surface area contributed by atoms with Crippen LogP contribution in [0.15, 0.2) is 18.2 Å². The van der Waals surface area contributed by atoms with E-state index in [4.69, 9.17) is 10.5 Å². The molecule has 1 aromatic rings. The zero-order valence-corrected chi connectivity index (χ0v) is 11.4. The first kappa shape index (κ1) is 15.1. The van der Waals surface area contributed by atoms with E-state index in [1.165, 1.54) is 6.07 Å². The number of rotatable bonds is 7. The van der Waals surface area contributed by atoms with E-state index >= 15 is 0 Å². The van der Waals surface area contributed by atoms with Gasteiger partial charge in [-0.1, -0.05) is 13.0 Å². The van der Waals surface area contributed by atoms with Crippen LogP contribution in [0, 0.1) is 12.7 Å². The molecule has 102 valence electrons. The molecule has 0 radical (unpaired) electrons. The average molecular weight is 254 g/mol. The van der Waals surface area contributed by atoms with Gasteiger partial charge in [-0.15, -0.1) is 0 Å². The van der Waals surface area contributed by atoms with E-state index in [0.717, 1.165) is 24.2 Å². The molecule has 1 unspecified atom stereocenters. The van der Waals surface area contributed by atoms with Gasteiger partial charge < -0.3 is 10.5 Å². The summed E-state index contributed by atoms with van der Waals surface area (Å²) in [7, 11) is 1.69. The summed E-state index contributed by atoms with van der Waals surface area (Å²) < 4.78 is 18.2. The lowest BCUT2D eigenvalue weighted by Gasteiger charge is -2.31. The third-order valence-electron chi connectivity index (χ3n) is 3.24. The first-order valence-corrected chi connectivity index (χ1v) is 6.33. The minimum atomic E-state index is -0.202. The molecule has 1 rings (SSSR count). The van der Waals surface area contributed by atoms with Crippen LogP contribution in [0.1, 0.15) is 24.1 Å². The number of nitrogens with zero attached hydrogens (tertiary/aromatic N) is 1. The van der Waals surface area contributed by atoms with Gasteiger partial charge in [0, 0.05) is 26.2 Å². The maximum absolute atomic E-state index is 13.1. The largest absolute Gasteiger partial charge is 0.383 e. The van der Waals surface area contributed by atoms with Gasteiger partial charge in [0.2, 0.25) is 0 Å². The van der Waals surface area contributed by atoms with Crippen LogP contribution in [0.4, 0.5) is 4.39 Å². The highest BCUT2D eigenvalue weighted by Crippen LogP contribution is 2.23. The van der Waals surface area contributed by atoms with E-state index in [0.29, 0.717) is 13.2 Å². The van der Waals surface area contributed by atoms with E-state index in [2.05, 4.69) is 11.8 Å². The second kappa shape index (κ2) is 7.46. The summed E-state index contributed by atoms with van der Waals surface area (Å²) in [6.45, 7) is 6.92. The lowest BCUT2D eigenvalue weighted by molar-refractivity contribution is 0.125. The monoisotopic (exact) mass is 254 g/mol. The van der Waals surface area contributed by atoms with Gasteiger partial charge in [-0.3, -0.25) is 4.90 Å². The molecule has 2 N–H and O–H groups in total. The van der Waals surface area contributed by atoms with Gasteiger partial charge >= 0.3 is 0 Å². The Labute approximate surface area is 109 Å². The van der Waals surface area contributed by atoms with Gasteiger partial charge in [-0.2, -0.15) is 0 Å². The summed E-state index contributed by atoms with van der Waals surface area (Å²) in [5.74, 6) is -0.202. The maximum Gasteiger partial charge on any atom is 0.123 e. The van der Waals surface area contributed by atoms with Gasteiger partial charge in [-0.25, -0.2) is 4.39 Å². The summed E-state index contributed by atoms with van der Waals surface area (Å²) >= 11 is 0. The minimum Gasteiger partial charge on any atom is -0.383 e. The third kappa shape index (κ3) is 3.77. The van der Waals surface area contributed by atoms with Crippen molar-refractivity contribution >= 4 is 0 Å². The topological polar surface area (TPSA) is 38.5 Å². The second-order valence-corrected chi connectivity index (χ2v) is 4.37. The molecule has 18 heavy (non-hydrogen) atoms. The summed E-state index contributed by atoms with van der Waals surface area (Å²) in [4.78, 5) is 2.25. The molecule has 0 aliphatic rings. The summed E-state index contributed by atoms with van der Waals surface area (Å²) in [6.07, 6.45) is 0. The van der Waals surface area contributed by atoms with E-state index in [1.807, 2.05) is 13.0 Å². The highest BCUT2D eigenvalue weighted by molar-refractivity contribution is 5.30. The average Bonchev–Trinajstić information content (AvgIpc) is 2.36. The molecular formula is C14H23FN2O. The molecule has 0 bridgehead atoms. The SMILES string of the molecule is CCN(CCOC)C(CN)c1ccc(F)cc1C. The maximum atomic E-state index is 13.1. The van der Waals surface area contributed by atoms with Crippen molar-refractivity contribution in [2.24, 2.45) is 5.73 Å². The number of hydrogen-bond donors (Lipinski definition) is 1. The van der Waals surface area contributed by atoms with E-state index in [1.54, 1.807) is 13.2 Å². The van der Waals surface area contributed by atoms with Crippen molar-refractivity contribution in [1.82, 2.24) is 4.90 Å². The van der Waals surface area contributed by atoms with Crippen molar-refractivity contribution in [2.45, 2.75) is 19.9 Å². The molecule has 0 aliphatic carbocycles.